The third-order valence-corrected chi connectivity index (χ3v) is 3.18. The van der Waals surface area contributed by atoms with Crippen molar-refractivity contribution in [3.63, 3.8) is 0 Å². The molecule has 0 unspecified atom stereocenters. The van der Waals surface area contributed by atoms with Crippen LogP contribution in [0.3, 0.4) is 0 Å². The second-order valence-corrected chi connectivity index (χ2v) is 4.59. The van der Waals surface area contributed by atoms with Gasteiger partial charge in [-0.2, -0.15) is 0 Å². The Morgan fingerprint density at radius 3 is 2.33 bits per heavy atom. The summed E-state index contributed by atoms with van der Waals surface area (Å²) < 4.78 is 0. The van der Waals surface area contributed by atoms with Crippen LogP contribution in [0.15, 0.2) is 24.5 Å². The molecule has 3 rings (SSSR count). The first kappa shape index (κ1) is 11.1. The van der Waals surface area contributed by atoms with Gasteiger partial charge in [0.05, 0.1) is 5.69 Å². The molecule has 0 spiro atoms. The van der Waals surface area contributed by atoms with Gasteiger partial charge in [0.15, 0.2) is 0 Å². The lowest BCUT2D eigenvalue weighted by Gasteiger charge is -2.39. The standard InChI is InChI=1S/C13H15N5/c1-9-14-5-3-12(16-9)11-7-18(8-11)13-4-6-15-10(2)17-13/h3-6,11H,7-8H2,1-2H3. The maximum Gasteiger partial charge on any atom is 0.132 e. The molecule has 2 aromatic rings. The monoisotopic (exact) mass is 241 g/mol. The number of nitrogens with zero attached hydrogens (tertiary/aromatic N) is 5. The summed E-state index contributed by atoms with van der Waals surface area (Å²) in [5.74, 6) is 3.14. The first-order valence-corrected chi connectivity index (χ1v) is 6.06. The van der Waals surface area contributed by atoms with Gasteiger partial charge in [-0.25, -0.2) is 19.9 Å². The van der Waals surface area contributed by atoms with Gasteiger partial charge >= 0.3 is 0 Å². The number of hydrogen-bond donors (Lipinski definition) is 0. The number of hydrogen-bond acceptors (Lipinski definition) is 5. The normalized spacial score (nSPS) is 15.6. The summed E-state index contributed by atoms with van der Waals surface area (Å²) in [4.78, 5) is 19.4. The summed E-state index contributed by atoms with van der Waals surface area (Å²) in [5.41, 5.74) is 1.13. The smallest absolute Gasteiger partial charge is 0.132 e. The van der Waals surface area contributed by atoms with Crippen LogP contribution >= 0.6 is 0 Å². The molecule has 0 atom stereocenters. The highest BCUT2D eigenvalue weighted by molar-refractivity contribution is 5.43. The van der Waals surface area contributed by atoms with Gasteiger partial charge in [-0.05, 0) is 26.0 Å². The predicted octanol–water partition coefficient (Wildman–Crippen LogP) is 1.49. The molecule has 5 nitrogen and oxygen atoms in total. The molecule has 5 heteroatoms. The van der Waals surface area contributed by atoms with Crippen LogP contribution in [0.4, 0.5) is 5.82 Å². The molecule has 2 aromatic heterocycles. The van der Waals surface area contributed by atoms with E-state index in [1.165, 1.54) is 0 Å². The Bertz CT molecular complexity index is 513. The van der Waals surface area contributed by atoms with Crippen molar-refractivity contribution >= 4 is 5.82 Å². The zero-order valence-corrected chi connectivity index (χ0v) is 10.5. The van der Waals surface area contributed by atoms with Crippen LogP contribution in [0, 0.1) is 13.8 Å². The molecule has 3 heterocycles. The lowest BCUT2D eigenvalue weighted by atomic mass is 9.96. The van der Waals surface area contributed by atoms with Crippen LogP contribution in [-0.4, -0.2) is 33.0 Å². The zero-order chi connectivity index (χ0) is 12.5. The predicted molar refractivity (Wildman–Crippen MR) is 68.5 cm³/mol. The van der Waals surface area contributed by atoms with Crippen molar-refractivity contribution in [2.24, 2.45) is 0 Å². The molecule has 0 aliphatic carbocycles. The van der Waals surface area contributed by atoms with E-state index < -0.39 is 0 Å². The van der Waals surface area contributed by atoms with Crippen LogP contribution < -0.4 is 4.90 Å². The zero-order valence-electron chi connectivity index (χ0n) is 10.5. The molecule has 1 aliphatic heterocycles. The minimum absolute atomic E-state index is 0.488. The van der Waals surface area contributed by atoms with Crippen molar-refractivity contribution in [3.05, 3.63) is 41.9 Å². The van der Waals surface area contributed by atoms with Crippen LogP contribution in [0.1, 0.15) is 23.3 Å². The number of aromatic nitrogens is 4. The largest absolute Gasteiger partial charge is 0.355 e. The highest BCUT2D eigenvalue weighted by atomic mass is 15.2. The van der Waals surface area contributed by atoms with Crippen LogP contribution in [-0.2, 0) is 0 Å². The maximum absolute atomic E-state index is 4.47. The Balaban J connectivity index is 1.70. The SMILES string of the molecule is Cc1nccc(C2CN(c3ccnc(C)n3)C2)n1. The van der Waals surface area contributed by atoms with Gasteiger partial charge in [0.1, 0.15) is 17.5 Å². The van der Waals surface area contributed by atoms with Crippen LogP contribution in [0.25, 0.3) is 0 Å². The van der Waals surface area contributed by atoms with E-state index >= 15 is 0 Å². The summed E-state index contributed by atoms with van der Waals surface area (Å²) in [6, 6.07) is 3.95. The van der Waals surface area contributed by atoms with Gasteiger partial charge < -0.3 is 4.90 Å². The molecular formula is C13H15N5. The number of aryl methyl sites for hydroxylation is 2. The molecule has 0 N–H and O–H groups in total. The third kappa shape index (κ3) is 2.03. The second-order valence-electron chi connectivity index (χ2n) is 4.59. The summed E-state index contributed by atoms with van der Waals surface area (Å²) in [6.07, 6.45) is 3.63. The van der Waals surface area contributed by atoms with Crippen molar-refractivity contribution in [1.82, 2.24) is 19.9 Å². The second kappa shape index (κ2) is 4.33. The molecule has 1 fully saturated rings. The van der Waals surface area contributed by atoms with Gasteiger partial charge in [0.25, 0.3) is 0 Å². The molecule has 1 aliphatic rings. The molecule has 18 heavy (non-hydrogen) atoms. The fourth-order valence-corrected chi connectivity index (χ4v) is 2.17. The van der Waals surface area contributed by atoms with E-state index in [2.05, 4.69) is 24.8 Å². The minimum atomic E-state index is 0.488. The van der Waals surface area contributed by atoms with Gasteiger partial charge in [-0.15, -0.1) is 0 Å². The van der Waals surface area contributed by atoms with E-state index in [0.29, 0.717) is 5.92 Å². The molecule has 0 aromatic carbocycles. The molecule has 1 saturated heterocycles. The quantitative estimate of drug-likeness (QED) is 0.797. The van der Waals surface area contributed by atoms with E-state index in [0.717, 1.165) is 36.3 Å². The Morgan fingerprint density at radius 1 is 1.00 bits per heavy atom. The molecular weight excluding hydrogens is 226 g/mol. The Labute approximate surface area is 106 Å². The third-order valence-electron chi connectivity index (χ3n) is 3.18. The first-order chi connectivity index (χ1) is 8.72. The average Bonchev–Trinajstić information content (AvgIpc) is 2.27. The Hall–Kier alpha value is -2.04. The van der Waals surface area contributed by atoms with E-state index in [-0.39, 0.29) is 0 Å². The summed E-state index contributed by atoms with van der Waals surface area (Å²) in [6.45, 7) is 5.77. The van der Waals surface area contributed by atoms with E-state index in [1.54, 1.807) is 6.20 Å². The van der Waals surface area contributed by atoms with Crippen molar-refractivity contribution in [3.8, 4) is 0 Å². The fourth-order valence-electron chi connectivity index (χ4n) is 2.17. The van der Waals surface area contributed by atoms with Crippen molar-refractivity contribution in [2.45, 2.75) is 19.8 Å². The van der Waals surface area contributed by atoms with Gasteiger partial charge in [0, 0.05) is 31.4 Å². The van der Waals surface area contributed by atoms with Crippen molar-refractivity contribution in [2.75, 3.05) is 18.0 Å². The van der Waals surface area contributed by atoms with Gasteiger partial charge in [-0.1, -0.05) is 0 Å². The molecule has 92 valence electrons. The van der Waals surface area contributed by atoms with E-state index in [1.807, 2.05) is 32.2 Å². The molecule has 0 radical (unpaired) electrons. The van der Waals surface area contributed by atoms with Crippen molar-refractivity contribution < 1.29 is 0 Å². The Kier molecular flexibility index (Phi) is 2.66. The lowest BCUT2D eigenvalue weighted by molar-refractivity contribution is 0.506. The fraction of sp³-hybridized carbons (Fsp3) is 0.385. The first-order valence-electron chi connectivity index (χ1n) is 6.06. The average molecular weight is 241 g/mol. The van der Waals surface area contributed by atoms with Crippen molar-refractivity contribution in [1.29, 1.82) is 0 Å². The molecule has 0 bridgehead atoms. The van der Waals surface area contributed by atoms with Crippen LogP contribution in [0.2, 0.25) is 0 Å². The number of rotatable bonds is 2. The molecule has 0 amide bonds. The minimum Gasteiger partial charge on any atom is -0.355 e. The topological polar surface area (TPSA) is 54.8 Å². The summed E-state index contributed by atoms with van der Waals surface area (Å²) in [5, 5.41) is 0. The lowest BCUT2D eigenvalue weighted by Crippen LogP contribution is -2.46. The summed E-state index contributed by atoms with van der Waals surface area (Å²) >= 11 is 0. The summed E-state index contributed by atoms with van der Waals surface area (Å²) in [7, 11) is 0. The van der Waals surface area contributed by atoms with Crippen LogP contribution in [0.5, 0.6) is 0 Å². The highest BCUT2D eigenvalue weighted by Crippen LogP contribution is 2.29. The Morgan fingerprint density at radius 2 is 1.67 bits per heavy atom. The van der Waals surface area contributed by atoms with E-state index in [9.17, 15) is 0 Å². The van der Waals surface area contributed by atoms with Gasteiger partial charge in [0.2, 0.25) is 0 Å². The highest BCUT2D eigenvalue weighted by Gasteiger charge is 2.30. The molecule has 0 saturated carbocycles. The maximum atomic E-state index is 4.47. The number of anilines is 1. The van der Waals surface area contributed by atoms with Gasteiger partial charge in [-0.3, -0.25) is 0 Å². The van der Waals surface area contributed by atoms with E-state index in [4.69, 9.17) is 0 Å².